The standard InChI is InChI=1S/C11H17NOSi/c12-10-14(9-5-4-8-13-14)11-6-2-1-3-7-11/h1-3,6-7H,4-5,8-10,12H2. The van der Waals surface area contributed by atoms with Gasteiger partial charge in [0.2, 0.25) is 8.32 Å². The third-order valence-corrected chi connectivity index (χ3v) is 6.95. The smallest absolute Gasteiger partial charge is 0.237 e. The lowest BCUT2D eigenvalue weighted by Gasteiger charge is -2.34. The van der Waals surface area contributed by atoms with Crippen LogP contribution in [-0.4, -0.2) is 21.1 Å². The van der Waals surface area contributed by atoms with Crippen molar-refractivity contribution in [3.8, 4) is 0 Å². The van der Waals surface area contributed by atoms with E-state index in [4.69, 9.17) is 10.2 Å². The normalized spacial score (nSPS) is 27.5. The molecule has 0 bridgehead atoms. The molecule has 2 nitrogen and oxygen atoms in total. The lowest BCUT2D eigenvalue weighted by molar-refractivity contribution is 0.276. The minimum atomic E-state index is -1.75. The van der Waals surface area contributed by atoms with E-state index in [0.717, 1.165) is 12.8 Å². The quantitative estimate of drug-likeness (QED) is 0.738. The fourth-order valence-electron chi connectivity index (χ4n) is 2.10. The van der Waals surface area contributed by atoms with Crippen molar-refractivity contribution in [2.45, 2.75) is 18.9 Å². The summed E-state index contributed by atoms with van der Waals surface area (Å²) < 4.78 is 6.01. The molecule has 0 radical (unpaired) electrons. The predicted octanol–water partition coefficient (Wildman–Crippen LogP) is 1.15. The lowest BCUT2D eigenvalue weighted by atomic mass is 10.3. The second-order valence-corrected chi connectivity index (χ2v) is 7.63. The first-order valence-corrected chi connectivity index (χ1v) is 7.59. The Morgan fingerprint density at radius 1 is 1.21 bits per heavy atom. The molecule has 2 N–H and O–H groups in total. The lowest BCUT2D eigenvalue weighted by Crippen LogP contribution is -2.58. The summed E-state index contributed by atoms with van der Waals surface area (Å²) in [6, 6.07) is 11.7. The minimum absolute atomic E-state index is 0.719. The third kappa shape index (κ3) is 1.75. The van der Waals surface area contributed by atoms with E-state index >= 15 is 0 Å². The summed E-state index contributed by atoms with van der Waals surface area (Å²) >= 11 is 0. The largest absolute Gasteiger partial charge is 0.411 e. The van der Waals surface area contributed by atoms with Gasteiger partial charge in [0, 0.05) is 12.8 Å². The summed E-state index contributed by atoms with van der Waals surface area (Å²) in [5.41, 5.74) is 5.91. The van der Waals surface area contributed by atoms with Crippen LogP contribution in [0.15, 0.2) is 30.3 Å². The van der Waals surface area contributed by atoms with Crippen molar-refractivity contribution >= 4 is 13.5 Å². The summed E-state index contributed by atoms with van der Waals surface area (Å²) in [6.45, 7) is 0.901. The number of rotatable bonds is 2. The summed E-state index contributed by atoms with van der Waals surface area (Å²) in [4.78, 5) is 0. The van der Waals surface area contributed by atoms with E-state index in [2.05, 4.69) is 24.3 Å². The molecule has 1 aromatic rings. The highest BCUT2D eigenvalue weighted by atomic mass is 28.4. The molecule has 0 amide bonds. The van der Waals surface area contributed by atoms with Crippen LogP contribution in [0.1, 0.15) is 12.8 Å². The second-order valence-electron chi connectivity index (χ2n) is 3.87. The van der Waals surface area contributed by atoms with Crippen LogP contribution < -0.4 is 10.9 Å². The van der Waals surface area contributed by atoms with Crippen LogP contribution in [0, 0.1) is 0 Å². The molecule has 1 aliphatic rings. The molecule has 0 aliphatic carbocycles. The topological polar surface area (TPSA) is 35.2 Å². The first-order chi connectivity index (χ1) is 6.87. The molecule has 1 atom stereocenters. The molecule has 0 spiro atoms. The minimum Gasteiger partial charge on any atom is -0.411 e. The third-order valence-electron chi connectivity index (χ3n) is 2.98. The van der Waals surface area contributed by atoms with Gasteiger partial charge in [0.05, 0.1) is 0 Å². The Balaban J connectivity index is 2.27. The molecule has 1 unspecified atom stereocenters. The number of benzene rings is 1. The summed E-state index contributed by atoms with van der Waals surface area (Å²) in [5, 5.41) is 1.36. The van der Waals surface area contributed by atoms with Crippen LogP contribution in [0.2, 0.25) is 6.04 Å². The summed E-state index contributed by atoms with van der Waals surface area (Å²) in [6.07, 6.45) is 3.19. The highest BCUT2D eigenvalue weighted by Gasteiger charge is 2.37. The molecule has 1 fully saturated rings. The van der Waals surface area contributed by atoms with E-state index < -0.39 is 8.32 Å². The molecule has 14 heavy (non-hydrogen) atoms. The first-order valence-electron chi connectivity index (χ1n) is 5.27. The van der Waals surface area contributed by atoms with Crippen molar-refractivity contribution in [1.82, 2.24) is 0 Å². The molecule has 0 saturated carbocycles. The zero-order valence-corrected chi connectivity index (χ0v) is 9.41. The maximum atomic E-state index is 6.01. The van der Waals surface area contributed by atoms with Crippen LogP contribution in [0.3, 0.4) is 0 Å². The van der Waals surface area contributed by atoms with Crippen molar-refractivity contribution < 1.29 is 4.43 Å². The monoisotopic (exact) mass is 207 g/mol. The van der Waals surface area contributed by atoms with Crippen molar-refractivity contribution in [2.75, 3.05) is 12.8 Å². The van der Waals surface area contributed by atoms with Gasteiger partial charge in [0.1, 0.15) is 0 Å². The average Bonchev–Trinajstić information content (AvgIpc) is 2.31. The second kappa shape index (κ2) is 4.25. The van der Waals surface area contributed by atoms with Gasteiger partial charge in [0.15, 0.2) is 0 Å². The molecule has 1 saturated heterocycles. The average molecular weight is 207 g/mol. The highest BCUT2D eigenvalue weighted by Crippen LogP contribution is 2.20. The Morgan fingerprint density at radius 2 is 2.00 bits per heavy atom. The van der Waals surface area contributed by atoms with Gasteiger partial charge in [-0.3, -0.25) is 0 Å². The summed E-state index contributed by atoms with van der Waals surface area (Å²) in [5.74, 6) is 0. The highest BCUT2D eigenvalue weighted by molar-refractivity contribution is 6.86. The van der Waals surface area contributed by atoms with Crippen LogP contribution in [0.25, 0.3) is 0 Å². The van der Waals surface area contributed by atoms with E-state index in [1.807, 2.05) is 6.07 Å². The van der Waals surface area contributed by atoms with Gasteiger partial charge in [-0.05, 0) is 17.7 Å². The van der Waals surface area contributed by atoms with Crippen LogP contribution in [0.5, 0.6) is 0 Å². The molecule has 2 rings (SSSR count). The molecule has 1 aromatic carbocycles. The van der Waals surface area contributed by atoms with Crippen molar-refractivity contribution in [3.05, 3.63) is 30.3 Å². The first kappa shape index (κ1) is 9.89. The fourth-order valence-corrected chi connectivity index (χ4v) is 5.41. The van der Waals surface area contributed by atoms with E-state index in [0.29, 0.717) is 0 Å². The Labute approximate surface area is 86.2 Å². The zero-order chi connectivity index (χ0) is 9.86. The zero-order valence-electron chi connectivity index (χ0n) is 8.41. The molecule has 1 heterocycles. The SMILES string of the molecule is NC[Si]1(c2ccccc2)CCCCO1. The van der Waals surface area contributed by atoms with Gasteiger partial charge in [-0.1, -0.05) is 36.8 Å². The van der Waals surface area contributed by atoms with Gasteiger partial charge in [-0.2, -0.15) is 0 Å². The van der Waals surface area contributed by atoms with Crippen molar-refractivity contribution in [2.24, 2.45) is 5.73 Å². The maximum absolute atomic E-state index is 6.01. The van der Waals surface area contributed by atoms with Crippen molar-refractivity contribution in [3.63, 3.8) is 0 Å². The van der Waals surface area contributed by atoms with Crippen LogP contribution in [0.4, 0.5) is 0 Å². The van der Waals surface area contributed by atoms with E-state index in [1.54, 1.807) is 0 Å². The molecule has 0 aromatic heterocycles. The number of hydrogen-bond acceptors (Lipinski definition) is 2. The van der Waals surface area contributed by atoms with Gasteiger partial charge in [-0.25, -0.2) is 0 Å². The molecule has 1 aliphatic heterocycles. The Bertz CT molecular complexity index is 283. The molecule has 3 heteroatoms. The molecular formula is C11H17NOSi. The number of hydrogen-bond donors (Lipinski definition) is 1. The number of nitrogens with two attached hydrogens (primary N) is 1. The van der Waals surface area contributed by atoms with Gasteiger partial charge >= 0.3 is 0 Å². The fraction of sp³-hybridized carbons (Fsp3) is 0.455. The predicted molar refractivity (Wildman–Crippen MR) is 60.9 cm³/mol. The van der Waals surface area contributed by atoms with E-state index in [9.17, 15) is 0 Å². The Hall–Kier alpha value is -0.643. The van der Waals surface area contributed by atoms with Crippen LogP contribution in [-0.2, 0) is 4.43 Å². The van der Waals surface area contributed by atoms with Gasteiger partial charge in [0.25, 0.3) is 0 Å². The van der Waals surface area contributed by atoms with E-state index in [1.165, 1.54) is 24.1 Å². The summed E-state index contributed by atoms with van der Waals surface area (Å²) in [7, 11) is -1.75. The molecule has 76 valence electrons. The Morgan fingerprint density at radius 3 is 2.57 bits per heavy atom. The van der Waals surface area contributed by atoms with Crippen LogP contribution >= 0.6 is 0 Å². The van der Waals surface area contributed by atoms with Gasteiger partial charge in [-0.15, -0.1) is 0 Å². The van der Waals surface area contributed by atoms with Crippen molar-refractivity contribution in [1.29, 1.82) is 0 Å². The van der Waals surface area contributed by atoms with E-state index in [-0.39, 0.29) is 0 Å². The Kier molecular flexibility index (Phi) is 3.01. The molecular weight excluding hydrogens is 190 g/mol. The van der Waals surface area contributed by atoms with Gasteiger partial charge < -0.3 is 10.2 Å². The maximum Gasteiger partial charge on any atom is 0.237 e.